The molecule has 1 aliphatic heterocycles. The van der Waals surface area contributed by atoms with Gasteiger partial charge in [0, 0.05) is 0 Å². The lowest BCUT2D eigenvalue weighted by Crippen LogP contribution is -2.46. The normalized spacial score (nSPS) is 29.3. The largest absolute Gasteiger partial charge is 0.370 e. The Bertz CT molecular complexity index is 593. The Hall–Kier alpha value is -1.84. The number of halogens is 1. The van der Waals surface area contributed by atoms with E-state index in [1.165, 1.54) is 11.6 Å². The van der Waals surface area contributed by atoms with E-state index in [0.29, 0.717) is 30.0 Å². The third-order valence-electron chi connectivity index (χ3n) is 4.50. The van der Waals surface area contributed by atoms with Crippen LogP contribution in [0.5, 0.6) is 0 Å². The van der Waals surface area contributed by atoms with Gasteiger partial charge in [0.05, 0.1) is 18.3 Å². The van der Waals surface area contributed by atoms with Crippen LogP contribution < -0.4 is 10.6 Å². The minimum absolute atomic E-state index is 0.160. The van der Waals surface area contributed by atoms with Gasteiger partial charge >= 0.3 is 0 Å². The molecule has 0 radical (unpaired) electrons. The van der Waals surface area contributed by atoms with Crippen LogP contribution in [0.15, 0.2) is 40.9 Å². The Kier molecular flexibility index (Phi) is 3.70. The second-order valence-electron chi connectivity index (χ2n) is 6.28. The Morgan fingerprint density at radius 1 is 1.33 bits per heavy atom. The maximum Gasteiger partial charge on any atom is 0.196 e. The molecule has 3 atom stereocenters. The molecule has 0 saturated heterocycles. The number of benzene rings is 1. The second kappa shape index (κ2) is 5.51. The molecule has 1 aliphatic carbocycles. The first kappa shape index (κ1) is 14.1. The Labute approximate surface area is 125 Å². The van der Waals surface area contributed by atoms with Crippen molar-refractivity contribution in [3.05, 3.63) is 41.7 Å². The van der Waals surface area contributed by atoms with Gasteiger partial charge in [-0.15, -0.1) is 0 Å². The highest BCUT2D eigenvalue weighted by atomic mass is 19.1. The topological polar surface area (TPSA) is 41.6 Å². The van der Waals surface area contributed by atoms with Gasteiger partial charge in [-0.25, -0.2) is 4.39 Å². The molecule has 3 rings (SSSR count). The lowest BCUT2D eigenvalue weighted by molar-refractivity contribution is 0.349. The summed E-state index contributed by atoms with van der Waals surface area (Å²) in [6.45, 7) is 5.07. The van der Waals surface area contributed by atoms with Crippen LogP contribution in [-0.4, -0.2) is 18.5 Å². The van der Waals surface area contributed by atoms with Crippen LogP contribution in [0, 0.1) is 17.7 Å². The van der Waals surface area contributed by atoms with Crippen LogP contribution >= 0.6 is 0 Å². The number of rotatable bonds is 2. The van der Waals surface area contributed by atoms with E-state index in [1.807, 2.05) is 11.0 Å². The van der Waals surface area contributed by atoms with Crippen LogP contribution in [0.1, 0.15) is 26.7 Å². The average Bonchev–Trinajstić information content (AvgIpc) is 2.80. The van der Waals surface area contributed by atoms with E-state index in [9.17, 15) is 4.39 Å². The van der Waals surface area contributed by atoms with Gasteiger partial charge in [-0.05, 0) is 43.7 Å². The van der Waals surface area contributed by atoms with Gasteiger partial charge in [-0.2, -0.15) is 0 Å². The molecular weight excluding hydrogens is 265 g/mol. The van der Waals surface area contributed by atoms with Gasteiger partial charge in [0.2, 0.25) is 0 Å². The second-order valence-corrected chi connectivity index (χ2v) is 6.28. The number of nitrogens with two attached hydrogens (primary N) is 1. The number of allylic oxidation sites excluding steroid dienone is 2. The van der Waals surface area contributed by atoms with Crippen LogP contribution in [0.2, 0.25) is 0 Å². The van der Waals surface area contributed by atoms with E-state index in [2.05, 4.69) is 24.9 Å². The first-order chi connectivity index (χ1) is 10.1. The van der Waals surface area contributed by atoms with E-state index in [1.54, 1.807) is 12.1 Å². The molecule has 1 aromatic rings. The maximum absolute atomic E-state index is 14.1. The van der Waals surface area contributed by atoms with Crippen molar-refractivity contribution in [2.75, 3.05) is 11.4 Å². The molecule has 0 amide bonds. The minimum atomic E-state index is -0.237. The fourth-order valence-electron chi connectivity index (χ4n) is 3.71. The predicted octanol–water partition coefficient (Wildman–Crippen LogP) is 3.32. The molecule has 112 valence electrons. The Balaban J connectivity index is 1.90. The molecule has 21 heavy (non-hydrogen) atoms. The molecule has 1 heterocycles. The minimum Gasteiger partial charge on any atom is -0.370 e. The fraction of sp³-hybridized carbons (Fsp3) is 0.471. The molecule has 1 aromatic carbocycles. The Morgan fingerprint density at radius 3 is 2.81 bits per heavy atom. The summed E-state index contributed by atoms with van der Waals surface area (Å²) in [6, 6.07) is 6.97. The lowest BCUT2D eigenvalue weighted by Gasteiger charge is -2.36. The quantitative estimate of drug-likeness (QED) is 0.848. The molecule has 0 aromatic heterocycles. The van der Waals surface area contributed by atoms with Crippen molar-refractivity contribution in [2.24, 2.45) is 22.6 Å². The van der Waals surface area contributed by atoms with E-state index in [4.69, 9.17) is 5.73 Å². The maximum atomic E-state index is 14.1. The van der Waals surface area contributed by atoms with Crippen LogP contribution in [0.3, 0.4) is 0 Å². The number of hydrogen-bond acceptors (Lipinski definition) is 3. The van der Waals surface area contributed by atoms with Crippen molar-refractivity contribution in [2.45, 2.75) is 32.7 Å². The summed E-state index contributed by atoms with van der Waals surface area (Å²) in [5.74, 6) is 1.23. The standard InChI is InChI=1S/C17H22FN3/c1-11-7-12(2)9-13(8-11)16-10-20-17(19)21(16)15-6-4-3-5-14(15)18/h3-7,11,13,16H,8-10H2,1-2H3,(H2,19,20). The molecule has 2 N–H and O–H groups in total. The van der Waals surface area contributed by atoms with Crippen molar-refractivity contribution < 1.29 is 4.39 Å². The van der Waals surface area contributed by atoms with Crippen molar-refractivity contribution in [3.63, 3.8) is 0 Å². The molecule has 0 fully saturated rings. The van der Waals surface area contributed by atoms with Crippen LogP contribution in [0.25, 0.3) is 0 Å². The van der Waals surface area contributed by atoms with Crippen molar-refractivity contribution in [3.8, 4) is 0 Å². The van der Waals surface area contributed by atoms with Gasteiger partial charge in [0.25, 0.3) is 0 Å². The van der Waals surface area contributed by atoms with Gasteiger partial charge in [0.1, 0.15) is 5.82 Å². The zero-order chi connectivity index (χ0) is 15.0. The molecule has 0 bridgehead atoms. The third-order valence-corrected chi connectivity index (χ3v) is 4.50. The zero-order valence-electron chi connectivity index (χ0n) is 12.6. The molecule has 0 spiro atoms. The first-order valence-electron chi connectivity index (χ1n) is 7.57. The summed E-state index contributed by atoms with van der Waals surface area (Å²) >= 11 is 0. The number of aliphatic imine (C=N–C) groups is 1. The molecule has 0 saturated carbocycles. The fourth-order valence-corrected chi connectivity index (χ4v) is 3.71. The van der Waals surface area contributed by atoms with Crippen molar-refractivity contribution in [1.82, 2.24) is 0 Å². The highest BCUT2D eigenvalue weighted by molar-refractivity contribution is 5.97. The van der Waals surface area contributed by atoms with E-state index < -0.39 is 0 Å². The molecular formula is C17H22FN3. The molecule has 2 aliphatic rings. The van der Waals surface area contributed by atoms with Gasteiger partial charge < -0.3 is 10.6 Å². The predicted molar refractivity (Wildman–Crippen MR) is 84.8 cm³/mol. The van der Waals surface area contributed by atoms with E-state index >= 15 is 0 Å². The van der Waals surface area contributed by atoms with E-state index in [0.717, 1.165) is 12.8 Å². The van der Waals surface area contributed by atoms with Gasteiger partial charge in [-0.3, -0.25) is 4.99 Å². The summed E-state index contributed by atoms with van der Waals surface area (Å²) in [5, 5.41) is 0. The highest BCUT2D eigenvalue weighted by Gasteiger charge is 2.36. The highest BCUT2D eigenvalue weighted by Crippen LogP contribution is 2.36. The summed E-state index contributed by atoms with van der Waals surface area (Å²) < 4.78 is 14.1. The first-order valence-corrected chi connectivity index (χ1v) is 7.57. The number of guanidine groups is 1. The number of para-hydroxylation sites is 1. The number of anilines is 1. The van der Waals surface area contributed by atoms with Crippen LogP contribution in [-0.2, 0) is 0 Å². The molecule has 3 nitrogen and oxygen atoms in total. The molecule has 4 heteroatoms. The van der Waals surface area contributed by atoms with Gasteiger partial charge in [-0.1, -0.05) is 30.7 Å². The summed E-state index contributed by atoms with van der Waals surface area (Å²) in [6.07, 6.45) is 4.49. The monoisotopic (exact) mass is 287 g/mol. The number of hydrogen-bond donors (Lipinski definition) is 1. The van der Waals surface area contributed by atoms with E-state index in [-0.39, 0.29) is 11.9 Å². The average molecular weight is 287 g/mol. The Morgan fingerprint density at radius 2 is 2.10 bits per heavy atom. The summed E-state index contributed by atoms with van der Waals surface area (Å²) in [4.78, 5) is 6.27. The van der Waals surface area contributed by atoms with Crippen molar-refractivity contribution >= 4 is 11.6 Å². The summed E-state index contributed by atoms with van der Waals surface area (Å²) in [5.41, 5.74) is 8.00. The zero-order valence-corrected chi connectivity index (χ0v) is 12.6. The SMILES string of the molecule is CC1=CC(C)CC(C2CN=C(N)N2c2ccccc2F)C1. The van der Waals surface area contributed by atoms with Gasteiger partial charge in [0.15, 0.2) is 5.96 Å². The van der Waals surface area contributed by atoms with Crippen LogP contribution in [0.4, 0.5) is 10.1 Å². The van der Waals surface area contributed by atoms with Crippen molar-refractivity contribution in [1.29, 1.82) is 0 Å². The number of nitrogens with zero attached hydrogens (tertiary/aromatic N) is 2. The lowest BCUT2D eigenvalue weighted by atomic mass is 9.79. The third kappa shape index (κ3) is 2.67. The summed E-state index contributed by atoms with van der Waals surface area (Å²) in [7, 11) is 0. The molecule has 3 unspecified atom stereocenters. The smallest absolute Gasteiger partial charge is 0.196 e.